The van der Waals surface area contributed by atoms with Gasteiger partial charge in [-0.15, -0.1) is 0 Å². The van der Waals surface area contributed by atoms with Crippen LogP contribution in [0.3, 0.4) is 0 Å². The molecule has 0 fully saturated rings. The fourth-order valence-electron chi connectivity index (χ4n) is 3.45. The number of rotatable bonds is 4. The van der Waals surface area contributed by atoms with E-state index < -0.39 is 0 Å². The highest BCUT2D eigenvalue weighted by Crippen LogP contribution is 2.27. The lowest BCUT2D eigenvalue weighted by Gasteiger charge is -2.18. The Balaban J connectivity index is 1.49. The number of carbonyl (C=O) groups is 2. The van der Waals surface area contributed by atoms with Gasteiger partial charge < -0.3 is 0 Å². The molecule has 3 aromatic carbocycles. The molecule has 0 saturated carbocycles. The third-order valence-electron chi connectivity index (χ3n) is 5.01. The van der Waals surface area contributed by atoms with Crippen molar-refractivity contribution in [2.24, 2.45) is 0 Å². The average molecular weight is 329 g/mol. The predicted octanol–water partition coefficient (Wildman–Crippen LogP) is 4.63. The molecule has 25 heavy (non-hydrogen) atoms. The first-order valence-corrected chi connectivity index (χ1v) is 8.59. The summed E-state index contributed by atoms with van der Waals surface area (Å²) in [6, 6.07) is 21.8. The Morgan fingerprint density at radius 2 is 1.40 bits per heavy atom. The summed E-state index contributed by atoms with van der Waals surface area (Å²) in [5, 5.41) is 2.44. The summed E-state index contributed by atoms with van der Waals surface area (Å²) >= 11 is 0. The van der Waals surface area contributed by atoms with E-state index in [1.807, 2.05) is 12.1 Å². The van der Waals surface area contributed by atoms with Crippen molar-refractivity contribution < 1.29 is 9.59 Å². The van der Waals surface area contributed by atoms with Crippen LogP contribution in [0, 0.1) is 0 Å². The van der Waals surface area contributed by atoms with Crippen molar-refractivity contribution in [1.82, 2.24) is 4.90 Å². The van der Waals surface area contributed by atoms with Crippen LogP contribution in [0.5, 0.6) is 0 Å². The highest BCUT2D eigenvalue weighted by atomic mass is 16.2. The molecular formula is C22H19NO2. The maximum atomic E-state index is 12.4. The van der Waals surface area contributed by atoms with Crippen LogP contribution in [-0.4, -0.2) is 23.3 Å². The minimum Gasteiger partial charge on any atom is -0.274 e. The van der Waals surface area contributed by atoms with Gasteiger partial charge in [-0.1, -0.05) is 61.5 Å². The van der Waals surface area contributed by atoms with E-state index in [0.717, 1.165) is 6.42 Å². The minimum absolute atomic E-state index is 0.175. The molecule has 3 nitrogen and oxygen atoms in total. The van der Waals surface area contributed by atoms with Crippen LogP contribution in [0.1, 0.15) is 45.5 Å². The fourth-order valence-corrected chi connectivity index (χ4v) is 3.45. The smallest absolute Gasteiger partial charge is 0.261 e. The monoisotopic (exact) mass is 329 g/mol. The van der Waals surface area contributed by atoms with Gasteiger partial charge in [0.25, 0.3) is 11.8 Å². The average Bonchev–Trinajstić information content (AvgIpc) is 2.90. The van der Waals surface area contributed by atoms with Crippen molar-refractivity contribution in [1.29, 1.82) is 0 Å². The topological polar surface area (TPSA) is 37.4 Å². The van der Waals surface area contributed by atoms with Gasteiger partial charge in [0.2, 0.25) is 0 Å². The zero-order valence-corrected chi connectivity index (χ0v) is 14.1. The summed E-state index contributed by atoms with van der Waals surface area (Å²) in [6.45, 7) is 2.59. The Bertz CT molecular complexity index is 941. The minimum atomic E-state index is -0.175. The molecule has 124 valence electrons. The molecule has 2 amide bonds. The Hall–Kier alpha value is -2.94. The third-order valence-corrected chi connectivity index (χ3v) is 5.01. The van der Waals surface area contributed by atoms with E-state index in [-0.39, 0.29) is 17.7 Å². The molecule has 1 aliphatic rings. The summed E-state index contributed by atoms with van der Waals surface area (Å²) in [5.74, 6) is -0.0773. The second-order valence-corrected chi connectivity index (χ2v) is 6.60. The van der Waals surface area contributed by atoms with E-state index in [4.69, 9.17) is 0 Å². The van der Waals surface area contributed by atoms with Crippen LogP contribution < -0.4 is 0 Å². The van der Waals surface area contributed by atoms with Gasteiger partial charge in [-0.3, -0.25) is 14.5 Å². The molecular weight excluding hydrogens is 310 g/mol. The summed E-state index contributed by atoms with van der Waals surface area (Å²) in [5.41, 5.74) is 2.27. The molecule has 4 rings (SSSR count). The number of benzene rings is 3. The lowest BCUT2D eigenvalue weighted by atomic mass is 9.95. The number of fused-ring (bicyclic) bond motifs is 2. The second kappa shape index (κ2) is 6.17. The third kappa shape index (κ3) is 2.72. The van der Waals surface area contributed by atoms with E-state index in [2.05, 4.69) is 37.3 Å². The standard InChI is InChI=1S/C22H19NO2/c1-15(17-11-10-16-6-2-3-7-18(16)14-17)12-13-23-21(24)19-8-4-5-9-20(19)22(23)25/h2-11,14-15H,12-13H2,1H3. The lowest BCUT2D eigenvalue weighted by Crippen LogP contribution is -2.31. The van der Waals surface area contributed by atoms with Gasteiger partial charge in [0.15, 0.2) is 0 Å². The maximum absolute atomic E-state index is 12.4. The summed E-state index contributed by atoms with van der Waals surface area (Å²) < 4.78 is 0. The van der Waals surface area contributed by atoms with Crippen molar-refractivity contribution in [3.63, 3.8) is 0 Å². The highest BCUT2D eigenvalue weighted by Gasteiger charge is 2.34. The molecule has 0 N–H and O–H groups in total. The van der Waals surface area contributed by atoms with Crippen molar-refractivity contribution in [3.05, 3.63) is 83.4 Å². The van der Waals surface area contributed by atoms with Crippen molar-refractivity contribution in [2.75, 3.05) is 6.54 Å². The number of hydrogen-bond donors (Lipinski definition) is 0. The zero-order chi connectivity index (χ0) is 17.4. The number of imide groups is 1. The molecule has 0 aliphatic carbocycles. The molecule has 1 atom stereocenters. The Labute approximate surface area is 146 Å². The molecule has 0 aromatic heterocycles. The first kappa shape index (κ1) is 15.6. The van der Waals surface area contributed by atoms with Gasteiger partial charge >= 0.3 is 0 Å². The first-order valence-electron chi connectivity index (χ1n) is 8.59. The molecule has 1 unspecified atom stereocenters. The number of amides is 2. The van der Waals surface area contributed by atoms with Crippen LogP contribution in [0.4, 0.5) is 0 Å². The van der Waals surface area contributed by atoms with E-state index in [9.17, 15) is 9.59 Å². The van der Waals surface area contributed by atoms with Gasteiger partial charge in [-0.05, 0) is 40.8 Å². The second-order valence-electron chi connectivity index (χ2n) is 6.60. The molecule has 3 aromatic rings. The Morgan fingerprint density at radius 1 is 0.800 bits per heavy atom. The SMILES string of the molecule is CC(CCN1C(=O)c2ccccc2C1=O)c1ccc2ccccc2c1. The van der Waals surface area contributed by atoms with E-state index in [1.165, 1.54) is 21.2 Å². The van der Waals surface area contributed by atoms with Crippen molar-refractivity contribution >= 4 is 22.6 Å². The van der Waals surface area contributed by atoms with Crippen molar-refractivity contribution in [3.8, 4) is 0 Å². The van der Waals surface area contributed by atoms with Gasteiger partial charge in [0, 0.05) is 6.54 Å². The molecule has 0 radical (unpaired) electrons. The summed E-state index contributed by atoms with van der Waals surface area (Å²) in [4.78, 5) is 26.2. The number of nitrogens with zero attached hydrogens (tertiary/aromatic N) is 1. The molecule has 1 heterocycles. The highest BCUT2D eigenvalue weighted by molar-refractivity contribution is 6.21. The fraction of sp³-hybridized carbons (Fsp3) is 0.182. The normalized spacial score (nSPS) is 14.8. The van der Waals surface area contributed by atoms with Crippen LogP contribution in [-0.2, 0) is 0 Å². The van der Waals surface area contributed by atoms with Crippen LogP contribution in [0.25, 0.3) is 10.8 Å². The molecule has 0 spiro atoms. The Kier molecular flexibility index (Phi) is 3.85. The van der Waals surface area contributed by atoms with E-state index in [0.29, 0.717) is 17.7 Å². The summed E-state index contributed by atoms with van der Waals surface area (Å²) in [6.07, 6.45) is 0.754. The molecule has 1 aliphatic heterocycles. The molecule has 0 bridgehead atoms. The lowest BCUT2D eigenvalue weighted by molar-refractivity contribution is 0.0650. The molecule has 3 heteroatoms. The van der Waals surface area contributed by atoms with Gasteiger partial charge in [-0.25, -0.2) is 0 Å². The Morgan fingerprint density at radius 3 is 2.08 bits per heavy atom. The predicted molar refractivity (Wildman–Crippen MR) is 98.8 cm³/mol. The number of hydrogen-bond acceptors (Lipinski definition) is 2. The molecule has 0 saturated heterocycles. The van der Waals surface area contributed by atoms with Crippen molar-refractivity contribution in [2.45, 2.75) is 19.3 Å². The van der Waals surface area contributed by atoms with Gasteiger partial charge in [0.05, 0.1) is 11.1 Å². The van der Waals surface area contributed by atoms with Gasteiger partial charge in [-0.2, -0.15) is 0 Å². The maximum Gasteiger partial charge on any atom is 0.261 e. The van der Waals surface area contributed by atoms with Crippen LogP contribution in [0.2, 0.25) is 0 Å². The largest absolute Gasteiger partial charge is 0.274 e. The van der Waals surface area contributed by atoms with Gasteiger partial charge in [0.1, 0.15) is 0 Å². The van der Waals surface area contributed by atoms with E-state index >= 15 is 0 Å². The number of carbonyl (C=O) groups excluding carboxylic acids is 2. The zero-order valence-electron chi connectivity index (χ0n) is 14.1. The first-order chi connectivity index (χ1) is 12.1. The van der Waals surface area contributed by atoms with Crippen LogP contribution in [0.15, 0.2) is 66.7 Å². The van der Waals surface area contributed by atoms with Crippen LogP contribution >= 0.6 is 0 Å². The summed E-state index contributed by atoms with van der Waals surface area (Å²) in [7, 11) is 0. The quantitative estimate of drug-likeness (QED) is 0.655. The van der Waals surface area contributed by atoms with E-state index in [1.54, 1.807) is 24.3 Å².